The van der Waals surface area contributed by atoms with Gasteiger partial charge in [0.2, 0.25) is 0 Å². The van der Waals surface area contributed by atoms with Crippen LogP contribution in [0.25, 0.3) is 0 Å². The maximum atomic E-state index is 13.1. The van der Waals surface area contributed by atoms with Gasteiger partial charge in [-0.1, -0.05) is 60.7 Å². The van der Waals surface area contributed by atoms with Crippen molar-refractivity contribution in [3.05, 3.63) is 120 Å². The Kier molecular flexibility index (Phi) is 6.64. The molecule has 0 spiro atoms. The molecule has 166 valence electrons. The summed E-state index contributed by atoms with van der Waals surface area (Å²) < 4.78 is 1.76. The van der Waals surface area contributed by atoms with Gasteiger partial charge in [0.25, 0.3) is 11.8 Å². The van der Waals surface area contributed by atoms with E-state index in [0.29, 0.717) is 23.4 Å². The van der Waals surface area contributed by atoms with Gasteiger partial charge in [0.05, 0.1) is 24.3 Å². The number of hydrogen-bond donors (Lipinski definition) is 1. The minimum atomic E-state index is -0.191. The van der Waals surface area contributed by atoms with Gasteiger partial charge in [-0.2, -0.15) is 5.10 Å². The van der Waals surface area contributed by atoms with E-state index in [2.05, 4.69) is 10.4 Å². The van der Waals surface area contributed by atoms with Crippen molar-refractivity contribution in [1.29, 1.82) is 0 Å². The van der Waals surface area contributed by atoms with Crippen molar-refractivity contribution >= 4 is 17.5 Å². The standard InChI is InChI=1S/C27H26N4O2/c1-20(23-14-9-15-25(16-23)29-26(32)22-12-7-4-8-13-22)30(2)27(33)24-17-28-31(19-24)18-21-10-5-3-6-11-21/h3-17,19-20H,18H2,1-2H3,(H,29,32)/t20-/m0/s1. The molecule has 0 radical (unpaired) electrons. The predicted molar refractivity (Wildman–Crippen MR) is 129 cm³/mol. The largest absolute Gasteiger partial charge is 0.335 e. The van der Waals surface area contributed by atoms with Gasteiger partial charge >= 0.3 is 0 Å². The third-order valence-corrected chi connectivity index (χ3v) is 5.63. The smallest absolute Gasteiger partial charge is 0.257 e. The van der Waals surface area contributed by atoms with Gasteiger partial charge in [0.15, 0.2) is 0 Å². The Bertz CT molecular complexity index is 1240. The monoisotopic (exact) mass is 438 g/mol. The number of nitrogens with zero attached hydrogens (tertiary/aromatic N) is 3. The SMILES string of the molecule is C[C@@H](c1cccc(NC(=O)c2ccccc2)c1)N(C)C(=O)c1cnn(Cc2ccccc2)c1. The molecule has 33 heavy (non-hydrogen) atoms. The Balaban J connectivity index is 1.43. The van der Waals surface area contributed by atoms with Crippen LogP contribution in [0.5, 0.6) is 0 Å². The minimum absolute atomic E-state index is 0.111. The van der Waals surface area contributed by atoms with E-state index in [9.17, 15) is 9.59 Å². The summed E-state index contributed by atoms with van der Waals surface area (Å²) in [4.78, 5) is 27.2. The van der Waals surface area contributed by atoms with Gasteiger partial charge in [-0.05, 0) is 42.3 Å². The van der Waals surface area contributed by atoms with Crippen LogP contribution in [0.3, 0.4) is 0 Å². The molecule has 2 amide bonds. The molecule has 0 aliphatic carbocycles. The number of nitrogens with one attached hydrogen (secondary N) is 1. The van der Waals surface area contributed by atoms with Crippen LogP contribution in [-0.2, 0) is 6.54 Å². The molecule has 0 unspecified atom stereocenters. The molecule has 4 rings (SSSR count). The quantitative estimate of drug-likeness (QED) is 0.441. The molecule has 4 aromatic rings. The van der Waals surface area contributed by atoms with Crippen LogP contribution in [0.15, 0.2) is 97.3 Å². The summed E-state index contributed by atoms with van der Waals surface area (Å²) in [6, 6.07) is 26.4. The van der Waals surface area contributed by atoms with E-state index >= 15 is 0 Å². The Morgan fingerprint density at radius 2 is 1.64 bits per heavy atom. The highest BCUT2D eigenvalue weighted by atomic mass is 16.2. The first kappa shape index (κ1) is 22.0. The number of aromatic nitrogens is 2. The van der Waals surface area contributed by atoms with Gasteiger partial charge in [0, 0.05) is 24.5 Å². The summed E-state index contributed by atoms with van der Waals surface area (Å²) in [7, 11) is 1.77. The fraction of sp³-hybridized carbons (Fsp3) is 0.148. The van der Waals surface area contributed by atoms with Crippen molar-refractivity contribution in [3.8, 4) is 0 Å². The van der Waals surface area contributed by atoms with E-state index in [4.69, 9.17) is 0 Å². The van der Waals surface area contributed by atoms with E-state index in [-0.39, 0.29) is 17.9 Å². The van der Waals surface area contributed by atoms with Crippen molar-refractivity contribution in [2.24, 2.45) is 0 Å². The first-order valence-corrected chi connectivity index (χ1v) is 10.8. The summed E-state index contributed by atoms with van der Waals surface area (Å²) >= 11 is 0. The average Bonchev–Trinajstić information content (AvgIpc) is 3.32. The van der Waals surface area contributed by atoms with Crippen molar-refractivity contribution in [2.45, 2.75) is 19.5 Å². The van der Waals surface area contributed by atoms with Gasteiger partial charge in [-0.15, -0.1) is 0 Å². The molecule has 0 bridgehead atoms. The number of rotatable bonds is 7. The fourth-order valence-electron chi connectivity index (χ4n) is 3.60. The highest BCUT2D eigenvalue weighted by molar-refractivity contribution is 6.04. The number of hydrogen-bond acceptors (Lipinski definition) is 3. The summed E-state index contributed by atoms with van der Waals surface area (Å²) in [6.07, 6.45) is 3.38. The van der Waals surface area contributed by atoms with E-state index < -0.39 is 0 Å². The van der Waals surface area contributed by atoms with Crippen LogP contribution >= 0.6 is 0 Å². The zero-order chi connectivity index (χ0) is 23.2. The number of amides is 2. The molecule has 1 N–H and O–H groups in total. The summed E-state index contributed by atoms with van der Waals surface area (Å²) in [6.45, 7) is 2.57. The van der Waals surface area contributed by atoms with Crippen LogP contribution in [0, 0.1) is 0 Å². The van der Waals surface area contributed by atoms with Crippen molar-refractivity contribution < 1.29 is 9.59 Å². The maximum Gasteiger partial charge on any atom is 0.257 e. The van der Waals surface area contributed by atoms with Crippen molar-refractivity contribution in [2.75, 3.05) is 12.4 Å². The van der Waals surface area contributed by atoms with E-state index in [1.54, 1.807) is 41.2 Å². The second-order valence-corrected chi connectivity index (χ2v) is 7.95. The summed E-state index contributed by atoms with van der Waals surface area (Å²) in [5.74, 6) is -0.281. The Labute approximate surface area is 193 Å². The highest BCUT2D eigenvalue weighted by Crippen LogP contribution is 2.24. The lowest BCUT2D eigenvalue weighted by Crippen LogP contribution is -2.29. The molecule has 0 fully saturated rings. The van der Waals surface area contributed by atoms with Gasteiger partial charge < -0.3 is 10.2 Å². The number of carbonyl (C=O) groups is 2. The van der Waals surface area contributed by atoms with E-state index in [1.807, 2.05) is 79.7 Å². The van der Waals surface area contributed by atoms with Gasteiger partial charge in [-0.3, -0.25) is 14.3 Å². The normalized spacial score (nSPS) is 11.6. The minimum Gasteiger partial charge on any atom is -0.335 e. The van der Waals surface area contributed by atoms with Crippen LogP contribution in [-0.4, -0.2) is 33.5 Å². The Morgan fingerprint density at radius 1 is 0.939 bits per heavy atom. The van der Waals surface area contributed by atoms with Crippen LogP contribution in [0.1, 0.15) is 44.8 Å². The number of benzene rings is 3. The lowest BCUT2D eigenvalue weighted by molar-refractivity contribution is 0.0742. The summed E-state index contributed by atoms with van der Waals surface area (Å²) in [5.41, 5.74) is 3.86. The number of carbonyl (C=O) groups excluding carboxylic acids is 2. The fourth-order valence-corrected chi connectivity index (χ4v) is 3.60. The van der Waals surface area contributed by atoms with E-state index in [0.717, 1.165) is 11.1 Å². The highest BCUT2D eigenvalue weighted by Gasteiger charge is 2.21. The molecule has 0 saturated heterocycles. The molecule has 1 aromatic heterocycles. The molecule has 0 aliphatic heterocycles. The van der Waals surface area contributed by atoms with Crippen molar-refractivity contribution in [1.82, 2.24) is 14.7 Å². The second kappa shape index (κ2) is 9.96. The zero-order valence-electron chi connectivity index (χ0n) is 18.7. The van der Waals surface area contributed by atoms with Crippen molar-refractivity contribution in [3.63, 3.8) is 0 Å². The molecule has 3 aromatic carbocycles. The van der Waals surface area contributed by atoms with Gasteiger partial charge in [-0.25, -0.2) is 0 Å². The maximum absolute atomic E-state index is 13.1. The van der Waals surface area contributed by atoms with E-state index in [1.165, 1.54) is 0 Å². The topological polar surface area (TPSA) is 67.2 Å². The zero-order valence-corrected chi connectivity index (χ0v) is 18.7. The molecular formula is C27H26N4O2. The van der Waals surface area contributed by atoms with Crippen LogP contribution < -0.4 is 5.32 Å². The average molecular weight is 439 g/mol. The molecular weight excluding hydrogens is 412 g/mol. The molecule has 0 aliphatic rings. The lowest BCUT2D eigenvalue weighted by Gasteiger charge is -2.25. The first-order valence-electron chi connectivity index (χ1n) is 10.8. The second-order valence-electron chi connectivity index (χ2n) is 7.95. The lowest BCUT2D eigenvalue weighted by atomic mass is 10.1. The molecule has 0 saturated carbocycles. The molecule has 1 atom stereocenters. The Morgan fingerprint density at radius 3 is 2.36 bits per heavy atom. The molecule has 6 heteroatoms. The molecule has 6 nitrogen and oxygen atoms in total. The van der Waals surface area contributed by atoms with Gasteiger partial charge in [0.1, 0.15) is 0 Å². The summed E-state index contributed by atoms with van der Waals surface area (Å²) in [5, 5.41) is 7.27. The first-order chi connectivity index (χ1) is 16.0. The molecule has 1 heterocycles. The number of anilines is 1. The third-order valence-electron chi connectivity index (χ3n) is 5.63. The van der Waals surface area contributed by atoms with Crippen LogP contribution in [0.2, 0.25) is 0 Å². The third kappa shape index (κ3) is 5.36. The Hall–Kier alpha value is -4.19. The van der Waals surface area contributed by atoms with Crippen LogP contribution in [0.4, 0.5) is 5.69 Å². The predicted octanol–water partition coefficient (Wildman–Crippen LogP) is 5.02.